The van der Waals surface area contributed by atoms with E-state index in [4.69, 9.17) is 30.5 Å². The van der Waals surface area contributed by atoms with E-state index in [0.717, 1.165) is 63.7 Å². The third-order valence-corrected chi connectivity index (χ3v) is 6.75. The lowest BCUT2D eigenvalue weighted by Gasteiger charge is -2.21. The Morgan fingerprint density at radius 2 is 1.79 bits per heavy atom. The molecular formula is C27H23BrClNO4. The number of methoxy groups -OCH3 is 2. The van der Waals surface area contributed by atoms with Gasteiger partial charge in [0.05, 0.1) is 25.2 Å². The summed E-state index contributed by atoms with van der Waals surface area (Å²) in [6.45, 7) is 1.13. The van der Waals surface area contributed by atoms with Gasteiger partial charge in [0.1, 0.15) is 0 Å². The molecule has 0 radical (unpaired) electrons. The minimum atomic E-state index is 0. The fraction of sp³-hybridized carbons (Fsp3) is 0.222. The maximum absolute atomic E-state index is 6.33. The van der Waals surface area contributed by atoms with Crippen molar-refractivity contribution in [2.75, 3.05) is 21.0 Å². The molecule has 0 aliphatic carbocycles. The first-order valence-corrected chi connectivity index (χ1v) is 11.3. The maximum atomic E-state index is 6.33. The fourth-order valence-corrected chi connectivity index (χ4v) is 5.25. The van der Waals surface area contributed by atoms with Crippen LogP contribution in [0.1, 0.15) is 16.7 Å². The molecule has 34 heavy (non-hydrogen) atoms. The van der Waals surface area contributed by atoms with E-state index in [0.29, 0.717) is 0 Å². The standard InChI is InChI=1S/C27H23ClNO4.BrH/c1-30-23-7-6-19-21(11-16-4-3-5-18(28)10-16)26-20-13-25-24(32-15-33-25)12-17(20)8-9-29(26)14-22(19)27(23)31-2;/h3-7,10,12-14H,8-9,11,15H2,1-2H3;1H/q+1;/p-1. The topological polar surface area (TPSA) is 40.8 Å². The maximum Gasteiger partial charge on any atom is 0.231 e. The molecule has 0 atom stereocenters. The molecular weight excluding hydrogens is 518 g/mol. The number of aromatic nitrogens is 1. The summed E-state index contributed by atoms with van der Waals surface area (Å²) < 4.78 is 25.1. The van der Waals surface area contributed by atoms with Crippen LogP contribution in [0.5, 0.6) is 23.0 Å². The van der Waals surface area contributed by atoms with E-state index in [2.05, 4.69) is 35.0 Å². The van der Waals surface area contributed by atoms with Crippen molar-refractivity contribution in [3.8, 4) is 34.3 Å². The van der Waals surface area contributed by atoms with Gasteiger partial charge in [-0.25, -0.2) is 0 Å². The molecule has 174 valence electrons. The summed E-state index contributed by atoms with van der Waals surface area (Å²) in [5, 5.41) is 2.89. The van der Waals surface area contributed by atoms with E-state index in [-0.39, 0.29) is 23.8 Å². The van der Waals surface area contributed by atoms with Crippen LogP contribution in [0, 0.1) is 0 Å². The molecule has 4 aromatic rings. The molecule has 1 aromatic heterocycles. The van der Waals surface area contributed by atoms with Crippen LogP contribution < -0.4 is 40.5 Å². The number of pyridine rings is 1. The Balaban J connectivity index is 0.00000241. The molecule has 0 spiro atoms. The van der Waals surface area contributed by atoms with Gasteiger partial charge in [0.2, 0.25) is 12.5 Å². The molecule has 0 bridgehead atoms. The van der Waals surface area contributed by atoms with Crippen molar-refractivity contribution in [2.45, 2.75) is 19.4 Å². The van der Waals surface area contributed by atoms with Crippen molar-refractivity contribution >= 4 is 22.4 Å². The summed E-state index contributed by atoms with van der Waals surface area (Å²) in [6.07, 6.45) is 3.83. The van der Waals surface area contributed by atoms with Crippen molar-refractivity contribution in [3.05, 3.63) is 76.4 Å². The largest absolute Gasteiger partial charge is 1.00 e. The Kier molecular flexibility index (Phi) is 6.04. The number of ether oxygens (including phenoxy) is 4. The summed E-state index contributed by atoms with van der Waals surface area (Å²) in [6, 6.07) is 16.4. The van der Waals surface area contributed by atoms with Gasteiger partial charge in [-0.1, -0.05) is 23.7 Å². The lowest BCUT2D eigenvalue weighted by Crippen LogP contribution is -3.00. The van der Waals surface area contributed by atoms with E-state index in [1.54, 1.807) is 14.2 Å². The van der Waals surface area contributed by atoms with Crippen molar-refractivity contribution in [1.82, 2.24) is 0 Å². The number of rotatable bonds is 4. The molecule has 7 heteroatoms. The first-order valence-electron chi connectivity index (χ1n) is 10.9. The van der Waals surface area contributed by atoms with Gasteiger partial charge in [0.15, 0.2) is 35.7 Å². The van der Waals surface area contributed by atoms with Gasteiger partial charge in [-0.3, -0.25) is 0 Å². The molecule has 2 aliphatic rings. The predicted octanol–water partition coefficient (Wildman–Crippen LogP) is 2.34. The highest BCUT2D eigenvalue weighted by molar-refractivity contribution is 6.30. The number of benzene rings is 3. The first kappa shape index (κ1) is 22.8. The lowest BCUT2D eigenvalue weighted by molar-refractivity contribution is -0.686. The second-order valence-electron chi connectivity index (χ2n) is 8.33. The van der Waals surface area contributed by atoms with Crippen LogP contribution in [0.25, 0.3) is 22.0 Å². The second kappa shape index (κ2) is 9.01. The van der Waals surface area contributed by atoms with Crippen molar-refractivity contribution < 1.29 is 40.5 Å². The third-order valence-electron chi connectivity index (χ3n) is 6.51. The molecule has 0 unspecified atom stereocenters. The van der Waals surface area contributed by atoms with Gasteiger partial charge in [-0.15, -0.1) is 0 Å². The molecule has 6 rings (SSSR count). The van der Waals surface area contributed by atoms with Crippen LogP contribution in [0.3, 0.4) is 0 Å². The van der Waals surface area contributed by atoms with E-state index in [1.807, 2.05) is 24.3 Å². The van der Waals surface area contributed by atoms with E-state index in [1.165, 1.54) is 22.4 Å². The number of fused-ring (bicyclic) bond motifs is 5. The summed E-state index contributed by atoms with van der Waals surface area (Å²) >= 11 is 6.33. The van der Waals surface area contributed by atoms with Gasteiger partial charge in [0, 0.05) is 28.8 Å². The number of hydrogen-bond donors (Lipinski definition) is 0. The summed E-state index contributed by atoms with van der Waals surface area (Å²) in [5.41, 5.74) is 6.01. The Labute approximate surface area is 213 Å². The van der Waals surface area contributed by atoms with Crippen LogP contribution in [-0.4, -0.2) is 21.0 Å². The molecule has 0 saturated heterocycles. The minimum absolute atomic E-state index is 0. The van der Waals surface area contributed by atoms with Gasteiger partial charge in [0.25, 0.3) is 0 Å². The van der Waals surface area contributed by atoms with E-state index >= 15 is 0 Å². The zero-order valence-electron chi connectivity index (χ0n) is 18.9. The highest BCUT2D eigenvalue weighted by Crippen LogP contribution is 2.44. The van der Waals surface area contributed by atoms with Crippen molar-refractivity contribution in [2.24, 2.45) is 0 Å². The fourth-order valence-electron chi connectivity index (χ4n) is 5.04. The molecule has 0 N–H and O–H groups in total. The quantitative estimate of drug-likeness (QED) is 0.373. The van der Waals surface area contributed by atoms with Crippen LogP contribution in [0.2, 0.25) is 5.02 Å². The molecule has 3 heterocycles. The zero-order valence-corrected chi connectivity index (χ0v) is 21.2. The second-order valence-corrected chi connectivity index (χ2v) is 8.77. The molecule has 0 amide bonds. The van der Waals surface area contributed by atoms with Gasteiger partial charge in [-0.2, -0.15) is 4.57 Å². The monoisotopic (exact) mass is 539 g/mol. The highest BCUT2D eigenvalue weighted by atomic mass is 79.9. The zero-order chi connectivity index (χ0) is 22.5. The van der Waals surface area contributed by atoms with Crippen LogP contribution in [0.4, 0.5) is 0 Å². The minimum Gasteiger partial charge on any atom is -1.00 e. The van der Waals surface area contributed by atoms with Crippen LogP contribution in [-0.2, 0) is 19.4 Å². The smallest absolute Gasteiger partial charge is 0.231 e. The van der Waals surface area contributed by atoms with E-state index in [9.17, 15) is 0 Å². The number of halogens is 2. The average Bonchev–Trinajstić information content (AvgIpc) is 3.29. The molecule has 2 aliphatic heterocycles. The van der Waals surface area contributed by atoms with Crippen LogP contribution >= 0.6 is 11.6 Å². The van der Waals surface area contributed by atoms with Gasteiger partial charge < -0.3 is 35.9 Å². The Morgan fingerprint density at radius 3 is 2.56 bits per heavy atom. The summed E-state index contributed by atoms with van der Waals surface area (Å²) in [4.78, 5) is 0. The normalized spacial score (nSPS) is 13.1. The summed E-state index contributed by atoms with van der Waals surface area (Å²) in [5.74, 6) is 3.09. The molecule has 0 fully saturated rings. The molecule has 5 nitrogen and oxygen atoms in total. The number of hydrogen-bond acceptors (Lipinski definition) is 4. The predicted molar refractivity (Wildman–Crippen MR) is 127 cm³/mol. The van der Waals surface area contributed by atoms with E-state index < -0.39 is 0 Å². The Bertz CT molecular complexity index is 1420. The third kappa shape index (κ3) is 3.65. The Morgan fingerprint density at radius 1 is 0.971 bits per heavy atom. The first-order chi connectivity index (χ1) is 16.2. The highest BCUT2D eigenvalue weighted by Gasteiger charge is 2.32. The van der Waals surface area contributed by atoms with Crippen molar-refractivity contribution in [3.63, 3.8) is 0 Å². The van der Waals surface area contributed by atoms with Crippen molar-refractivity contribution in [1.29, 1.82) is 0 Å². The summed E-state index contributed by atoms with van der Waals surface area (Å²) in [7, 11) is 3.36. The molecule has 0 saturated carbocycles. The average molecular weight is 541 g/mol. The number of aryl methyl sites for hydroxylation is 2. The SMILES string of the molecule is COc1ccc2c(Cc3cccc(Cl)c3)c3[n+](cc2c1OC)CCc1cc2c(cc1-3)OCO2.[Br-]. The lowest BCUT2D eigenvalue weighted by atomic mass is 9.88. The van der Waals surface area contributed by atoms with Gasteiger partial charge >= 0.3 is 0 Å². The van der Waals surface area contributed by atoms with Gasteiger partial charge in [-0.05, 0) is 47.5 Å². The Hall–Kier alpha value is -2.96. The molecule has 3 aromatic carbocycles. The van der Waals surface area contributed by atoms with Crippen LogP contribution in [0.15, 0.2) is 54.7 Å². The number of nitrogens with zero attached hydrogens (tertiary/aromatic N) is 1.